The van der Waals surface area contributed by atoms with E-state index < -0.39 is 15.8 Å². The summed E-state index contributed by atoms with van der Waals surface area (Å²) in [5.41, 5.74) is 2.92. The normalized spacial score (nSPS) is 11.2. The summed E-state index contributed by atoms with van der Waals surface area (Å²) in [4.78, 5) is 3.71. The number of hydrazine groups is 1. The number of nitrogens with one attached hydrogen (secondary N) is 2. The molecule has 0 bridgehead atoms. The molecule has 0 aliphatic rings. The molecule has 0 unspecified atom stereocenters. The summed E-state index contributed by atoms with van der Waals surface area (Å²) >= 11 is 0. The Kier molecular flexibility index (Phi) is 3.86. The van der Waals surface area contributed by atoms with E-state index in [4.69, 9.17) is 5.84 Å². The first-order valence-corrected chi connectivity index (χ1v) is 7.12. The zero-order valence-corrected chi connectivity index (χ0v) is 11.4. The number of nitrogen functional groups attached to an aromatic ring is 1. The first-order valence-electron chi connectivity index (χ1n) is 5.64. The minimum absolute atomic E-state index is 0.0857. The van der Waals surface area contributed by atoms with Crippen LogP contribution in [0.1, 0.15) is 5.56 Å². The second kappa shape index (κ2) is 5.43. The summed E-state index contributed by atoms with van der Waals surface area (Å²) in [6.07, 6.45) is 1.13. The van der Waals surface area contributed by atoms with Crippen molar-refractivity contribution in [1.29, 1.82) is 0 Å². The van der Waals surface area contributed by atoms with E-state index in [1.807, 2.05) is 0 Å². The summed E-state index contributed by atoms with van der Waals surface area (Å²) in [5.74, 6) is 4.82. The SMILES string of the molecule is Cc1ccc(F)c(NS(=O)(=O)c2ccc(NN)nc2)c1. The Bertz CT molecular complexity index is 717. The Balaban J connectivity index is 2.32. The van der Waals surface area contributed by atoms with Gasteiger partial charge in [-0.2, -0.15) is 0 Å². The van der Waals surface area contributed by atoms with Gasteiger partial charge in [0.1, 0.15) is 16.5 Å². The standard InChI is InChI=1S/C12H13FN4O2S/c1-8-2-4-10(13)11(6-8)17-20(18,19)9-3-5-12(16-14)15-7-9/h2-7,17H,14H2,1H3,(H,15,16). The van der Waals surface area contributed by atoms with Crippen molar-refractivity contribution in [3.8, 4) is 0 Å². The summed E-state index contributed by atoms with van der Waals surface area (Å²) in [7, 11) is -3.90. The maximum Gasteiger partial charge on any atom is 0.263 e. The molecular weight excluding hydrogens is 283 g/mol. The number of anilines is 2. The van der Waals surface area contributed by atoms with Gasteiger partial charge in [0.05, 0.1) is 5.69 Å². The van der Waals surface area contributed by atoms with E-state index in [1.54, 1.807) is 13.0 Å². The number of sulfonamides is 1. The quantitative estimate of drug-likeness (QED) is 0.588. The molecule has 6 nitrogen and oxygen atoms in total. The van der Waals surface area contributed by atoms with E-state index in [0.29, 0.717) is 5.82 Å². The molecule has 0 saturated heterocycles. The molecule has 0 saturated carbocycles. The molecule has 0 amide bonds. The average molecular weight is 296 g/mol. The summed E-state index contributed by atoms with van der Waals surface area (Å²) < 4.78 is 39.9. The number of nitrogens with two attached hydrogens (primary N) is 1. The van der Waals surface area contributed by atoms with Crippen molar-refractivity contribution in [3.05, 3.63) is 47.9 Å². The van der Waals surface area contributed by atoms with Gasteiger partial charge in [-0.25, -0.2) is 23.6 Å². The van der Waals surface area contributed by atoms with Crippen LogP contribution in [0.4, 0.5) is 15.9 Å². The van der Waals surface area contributed by atoms with Gasteiger partial charge in [-0.1, -0.05) is 6.07 Å². The molecule has 1 aromatic heterocycles. The van der Waals surface area contributed by atoms with Gasteiger partial charge in [-0.15, -0.1) is 0 Å². The minimum atomic E-state index is -3.90. The molecule has 20 heavy (non-hydrogen) atoms. The molecule has 1 heterocycles. The zero-order chi connectivity index (χ0) is 14.8. The Morgan fingerprint density at radius 3 is 2.60 bits per heavy atom. The maximum atomic E-state index is 13.6. The van der Waals surface area contributed by atoms with Gasteiger partial charge < -0.3 is 5.43 Å². The molecule has 4 N–H and O–H groups in total. The predicted octanol–water partition coefficient (Wildman–Crippen LogP) is 1.62. The molecule has 0 fully saturated rings. The molecule has 0 spiro atoms. The van der Waals surface area contributed by atoms with Crippen LogP contribution in [0, 0.1) is 12.7 Å². The van der Waals surface area contributed by atoms with Crippen LogP contribution in [0.3, 0.4) is 0 Å². The largest absolute Gasteiger partial charge is 0.308 e. The van der Waals surface area contributed by atoms with Crippen molar-refractivity contribution in [2.24, 2.45) is 5.84 Å². The van der Waals surface area contributed by atoms with Crippen LogP contribution in [0.25, 0.3) is 0 Å². The maximum absolute atomic E-state index is 13.6. The fourth-order valence-corrected chi connectivity index (χ4v) is 2.55. The van der Waals surface area contributed by atoms with Crippen molar-refractivity contribution in [2.75, 3.05) is 10.1 Å². The molecule has 106 valence electrons. The summed E-state index contributed by atoms with van der Waals surface area (Å²) in [5, 5.41) is 0. The number of rotatable bonds is 4. The third kappa shape index (κ3) is 3.03. The van der Waals surface area contributed by atoms with Crippen molar-refractivity contribution < 1.29 is 12.8 Å². The van der Waals surface area contributed by atoms with Crippen molar-refractivity contribution >= 4 is 21.5 Å². The number of nitrogens with zero attached hydrogens (tertiary/aromatic N) is 1. The second-order valence-corrected chi connectivity index (χ2v) is 5.79. The third-order valence-corrected chi connectivity index (χ3v) is 3.91. The lowest BCUT2D eigenvalue weighted by Crippen LogP contribution is -2.15. The average Bonchev–Trinajstić information content (AvgIpc) is 2.43. The fraction of sp³-hybridized carbons (Fsp3) is 0.0833. The monoisotopic (exact) mass is 296 g/mol. The van der Waals surface area contributed by atoms with Gasteiger partial charge in [-0.3, -0.25) is 4.72 Å². The van der Waals surface area contributed by atoms with Crippen molar-refractivity contribution in [3.63, 3.8) is 0 Å². The molecule has 0 aliphatic heterocycles. The highest BCUT2D eigenvalue weighted by molar-refractivity contribution is 7.92. The lowest BCUT2D eigenvalue weighted by Gasteiger charge is -2.09. The first-order chi connectivity index (χ1) is 9.42. The van der Waals surface area contributed by atoms with Crippen LogP contribution in [-0.4, -0.2) is 13.4 Å². The smallest absolute Gasteiger partial charge is 0.263 e. The lowest BCUT2D eigenvalue weighted by atomic mass is 10.2. The Morgan fingerprint density at radius 1 is 1.25 bits per heavy atom. The van der Waals surface area contributed by atoms with Crippen LogP contribution in [0.15, 0.2) is 41.4 Å². The van der Waals surface area contributed by atoms with E-state index in [1.165, 1.54) is 24.3 Å². The minimum Gasteiger partial charge on any atom is -0.308 e. The second-order valence-electron chi connectivity index (χ2n) is 4.11. The van der Waals surface area contributed by atoms with Crippen LogP contribution in [-0.2, 0) is 10.0 Å². The van der Waals surface area contributed by atoms with Gasteiger partial charge in [-0.05, 0) is 36.8 Å². The van der Waals surface area contributed by atoms with E-state index >= 15 is 0 Å². The Morgan fingerprint density at radius 2 is 2.00 bits per heavy atom. The third-order valence-electron chi connectivity index (χ3n) is 2.56. The molecule has 0 radical (unpaired) electrons. The van der Waals surface area contributed by atoms with Crippen LogP contribution in [0.5, 0.6) is 0 Å². The Hall–Kier alpha value is -2.19. The number of aryl methyl sites for hydroxylation is 1. The highest BCUT2D eigenvalue weighted by atomic mass is 32.2. The van der Waals surface area contributed by atoms with Crippen LogP contribution in [0.2, 0.25) is 0 Å². The highest BCUT2D eigenvalue weighted by Crippen LogP contribution is 2.20. The van der Waals surface area contributed by atoms with Gasteiger partial charge in [0, 0.05) is 6.20 Å². The van der Waals surface area contributed by atoms with E-state index in [0.717, 1.165) is 11.8 Å². The predicted molar refractivity (Wildman–Crippen MR) is 74.0 cm³/mol. The summed E-state index contributed by atoms with van der Waals surface area (Å²) in [6, 6.07) is 6.89. The molecule has 2 aromatic rings. The van der Waals surface area contributed by atoms with Crippen LogP contribution < -0.4 is 16.0 Å². The zero-order valence-electron chi connectivity index (χ0n) is 10.6. The molecule has 1 aromatic carbocycles. The Labute approximate surface area is 115 Å². The van der Waals surface area contributed by atoms with Crippen LogP contribution >= 0.6 is 0 Å². The van der Waals surface area contributed by atoms with E-state index in [-0.39, 0.29) is 10.6 Å². The number of benzene rings is 1. The first kappa shape index (κ1) is 14.2. The van der Waals surface area contributed by atoms with Gasteiger partial charge in [0.15, 0.2) is 0 Å². The fourth-order valence-electron chi connectivity index (χ4n) is 1.55. The number of aromatic nitrogens is 1. The highest BCUT2D eigenvalue weighted by Gasteiger charge is 2.16. The topological polar surface area (TPSA) is 97.1 Å². The lowest BCUT2D eigenvalue weighted by molar-refractivity contribution is 0.598. The van der Waals surface area contributed by atoms with Gasteiger partial charge in [0.2, 0.25) is 0 Å². The molecular formula is C12H13FN4O2S. The van der Waals surface area contributed by atoms with Gasteiger partial charge >= 0.3 is 0 Å². The summed E-state index contributed by atoms with van der Waals surface area (Å²) in [6.45, 7) is 1.74. The van der Waals surface area contributed by atoms with Crippen molar-refractivity contribution in [2.45, 2.75) is 11.8 Å². The van der Waals surface area contributed by atoms with E-state index in [9.17, 15) is 12.8 Å². The molecule has 2 rings (SSSR count). The number of hydrogen-bond acceptors (Lipinski definition) is 5. The molecule has 8 heteroatoms. The number of hydrogen-bond donors (Lipinski definition) is 3. The van der Waals surface area contributed by atoms with E-state index in [2.05, 4.69) is 15.1 Å². The molecule has 0 aliphatic carbocycles. The van der Waals surface area contributed by atoms with Gasteiger partial charge in [0.25, 0.3) is 10.0 Å². The molecule has 0 atom stereocenters. The number of pyridine rings is 1. The number of halogens is 1. The van der Waals surface area contributed by atoms with Crippen molar-refractivity contribution in [1.82, 2.24) is 4.98 Å².